The number of pyridine rings is 1. The smallest absolute Gasteiger partial charge is 0.289 e. The Morgan fingerprint density at radius 3 is 3.00 bits per heavy atom. The standard InChI is InChI=1S/C15H15N3O2/c1-2-20-13-7-5-6-12(10-13)11-17-18-15(19)14-8-3-4-9-16-14/h3-11H,2H2,1H3,(H,18,19). The van der Waals surface area contributed by atoms with Gasteiger partial charge in [-0.2, -0.15) is 5.10 Å². The van der Waals surface area contributed by atoms with E-state index >= 15 is 0 Å². The molecule has 5 heteroatoms. The monoisotopic (exact) mass is 269 g/mol. The van der Waals surface area contributed by atoms with E-state index in [0.29, 0.717) is 12.3 Å². The Morgan fingerprint density at radius 2 is 2.25 bits per heavy atom. The molecular weight excluding hydrogens is 254 g/mol. The van der Waals surface area contributed by atoms with Gasteiger partial charge in [-0.1, -0.05) is 18.2 Å². The number of hydrogen-bond acceptors (Lipinski definition) is 4. The molecule has 20 heavy (non-hydrogen) atoms. The molecule has 0 atom stereocenters. The lowest BCUT2D eigenvalue weighted by atomic mass is 10.2. The fourth-order valence-electron chi connectivity index (χ4n) is 1.57. The van der Waals surface area contributed by atoms with Crippen molar-refractivity contribution in [3.63, 3.8) is 0 Å². The van der Waals surface area contributed by atoms with Crippen molar-refractivity contribution in [2.75, 3.05) is 6.61 Å². The molecule has 1 aromatic carbocycles. The molecule has 1 heterocycles. The average Bonchev–Trinajstić information content (AvgIpc) is 2.49. The number of hydrogen-bond donors (Lipinski definition) is 1. The Kier molecular flexibility index (Phi) is 4.83. The van der Waals surface area contributed by atoms with Gasteiger partial charge in [0.15, 0.2) is 0 Å². The first-order valence-corrected chi connectivity index (χ1v) is 6.27. The van der Waals surface area contributed by atoms with Crippen molar-refractivity contribution in [3.05, 3.63) is 59.9 Å². The van der Waals surface area contributed by atoms with Gasteiger partial charge in [0.25, 0.3) is 5.91 Å². The fourth-order valence-corrected chi connectivity index (χ4v) is 1.57. The van der Waals surface area contributed by atoms with Crippen LogP contribution in [0.2, 0.25) is 0 Å². The Morgan fingerprint density at radius 1 is 1.35 bits per heavy atom. The van der Waals surface area contributed by atoms with Gasteiger partial charge in [-0.25, -0.2) is 5.43 Å². The zero-order valence-corrected chi connectivity index (χ0v) is 11.1. The first kappa shape index (κ1) is 13.7. The number of nitrogens with zero attached hydrogens (tertiary/aromatic N) is 2. The van der Waals surface area contributed by atoms with E-state index in [-0.39, 0.29) is 5.91 Å². The summed E-state index contributed by atoms with van der Waals surface area (Å²) in [5.74, 6) is 0.426. The SMILES string of the molecule is CCOc1cccc(C=NNC(=O)c2ccccn2)c1. The molecular formula is C15H15N3O2. The van der Waals surface area contributed by atoms with Gasteiger partial charge >= 0.3 is 0 Å². The predicted octanol–water partition coefficient (Wildman–Crippen LogP) is 2.24. The highest BCUT2D eigenvalue weighted by atomic mass is 16.5. The second kappa shape index (κ2) is 7.04. The minimum atomic E-state index is -0.345. The molecule has 1 amide bonds. The first-order chi connectivity index (χ1) is 9.79. The Balaban J connectivity index is 1.96. The van der Waals surface area contributed by atoms with Crippen LogP contribution < -0.4 is 10.2 Å². The predicted molar refractivity (Wildman–Crippen MR) is 76.9 cm³/mol. The van der Waals surface area contributed by atoms with Crippen molar-refractivity contribution >= 4 is 12.1 Å². The molecule has 102 valence electrons. The van der Waals surface area contributed by atoms with E-state index in [2.05, 4.69) is 15.5 Å². The van der Waals surface area contributed by atoms with E-state index in [1.165, 1.54) is 0 Å². The van der Waals surface area contributed by atoms with Gasteiger partial charge in [0.2, 0.25) is 0 Å². The number of amides is 1. The number of aromatic nitrogens is 1. The number of carbonyl (C=O) groups excluding carboxylic acids is 1. The van der Waals surface area contributed by atoms with Crippen molar-refractivity contribution in [2.45, 2.75) is 6.92 Å². The summed E-state index contributed by atoms with van der Waals surface area (Å²) in [4.78, 5) is 15.6. The third-order valence-corrected chi connectivity index (χ3v) is 2.45. The second-order valence-electron chi connectivity index (χ2n) is 3.92. The van der Waals surface area contributed by atoms with E-state index in [0.717, 1.165) is 11.3 Å². The molecule has 1 aromatic heterocycles. The van der Waals surface area contributed by atoms with Gasteiger partial charge in [-0.3, -0.25) is 9.78 Å². The summed E-state index contributed by atoms with van der Waals surface area (Å²) >= 11 is 0. The van der Waals surface area contributed by atoms with E-state index in [9.17, 15) is 4.79 Å². The zero-order valence-electron chi connectivity index (χ0n) is 11.1. The Bertz CT molecular complexity index is 597. The van der Waals surface area contributed by atoms with Crippen molar-refractivity contribution in [2.24, 2.45) is 5.10 Å². The molecule has 2 rings (SSSR count). The van der Waals surface area contributed by atoms with Crippen molar-refractivity contribution in [3.8, 4) is 5.75 Å². The quantitative estimate of drug-likeness (QED) is 0.669. The summed E-state index contributed by atoms with van der Waals surface area (Å²) in [7, 11) is 0. The highest BCUT2D eigenvalue weighted by molar-refractivity contribution is 5.93. The van der Waals surface area contributed by atoms with Crippen molar-refractivity contribution < 1.29 is 9.53 Å². The normalized spacial score (nSPS) is 10.4. The first-order valence-electron chi connectivity index (χ1n) is 6.27. The number of nitrogens with one attached hydrogen (secondary N) is 1. The molecule has 0 aliphatic heterocycles. The fraction of sp³-hybridized carbons (Fsp3) is 0.133. The van der Waals surface area contributed by atoms with Gasteiger partial charge in [-0.15, -0.1) is 0 Å². The largest absolute Gasteiger partial charge is 0.494 e. The molecule has 0 unspecified atom stereocenters. The summed E-state index contributed by atoms with van der Waals surface area (Å²) < 4.78 is 5.38. The summed E-state index contributed by atoms with van der Waals surface area (Å²) in [6, 6.07) is 12.6. The summed E-state index contributed by atoms with van der Waals surface area (Å²) in [6.45, 7) is 2.53. The van der Waals surface area contributed by atoms with Gasteiger partial charge in [0, 0.05) is 6.20 Å². The van der Waals surface area contributed by atoms with E-state index in [4.69, 9.17) is 4.74 Å². The maximum Gasteiger partial charge on any atom is 0.289 e. The molecule has 0 bridgehead atoms. The highest BCUT2D eigenvalue weighted by Crippen LogP contribution is 2.11. The number of rotatable bonds is 5. The molecule has 0 aliphatic rings. The van der Waals surface area contributed by atoms with Gasteiger partial charge in [0.1, 0.15) is 11.4 Å². The highest BCUT2D eigenvalue weighted by Gasteiger charge is 2.03. The summed E-state index contributed by atoms with van der Waals surface area (Å²) in [5.41, 5.74) is 3.60. The van der Waals surface area contributed by atoms with Crippen LogP contribution in [0.5, 0.6) is 5.75 Å². The van der Waals surface area contributed by atoms with Crippen LogP contribution in [-0.2, 0) is 0 Å². The molecule has 0 saturated heterocycles. The van der Waals surface area contributed by atoms with Crippen LogP contribution in [-0.4, -0.2) is 23.7 Å². The minimum Gasteiger partial charge on any atom is -0.494 e. The van der Waals surface area contributed by atoms with Crippen LogP contribution in [0.3, 0.4) is 0 Å². The van der Waals surface area contributed by atoms with E-state index in [1.807, 2.05) is 31.2 Å². The van der Waals surface area contributed by atoms with Gasteiger partial charge < -0.3 is 4.74 Å². The molecule has 0 fully saturated rings. The Hall–Kier alpha value is -2.69. The third kappa shape index (κ3) is 3.91. The Labute approximate surface area is 117 Å². The molecule has 5 nitrogen and oxygen atoms in total. The molecule has 0 saturated carbocycles. The van der Waals surface area contributed by atoms with Crippen LogP contribution in [0.1, 0.15) is 23.0 Å². The lowest BCUT2D eigenvalue weighted by Gasteiger charge is -2.03. The average molecular weight is 269 g/mol. The number of carbonyl (C=O) groups is 1. The maximum absolute atomic E-state index is 11.7. The van der Waals surface area contributed by atoms with E-state index < -0.39 is 0 Å². The van der Waals surface area contributed by atoms with E-state index in [1.54, 1.807) is 30.6 Å². The molecule has 1 N–H and O–H groups in total. The zero-order chi connectivity index (χ0) is 14.2. The molecule has 0 aliphatic carbocycles. The molecule has 2 aromatic rings. The van der Waals surface area contributed by atoms with Gasteiger partial charge in [0.05, 0.1) is 12.8 Å². The summed E-state index contributed by atoms with van der Waals surface area (Å²) in [5, 5.41) is 3.90. The number of benzene rings is 1. The van der Waals surface area contributed by atoms with Crippen LogP contribution in [0, 0.1) is 0 Å². The topological polar surface area (TPSA) is 63.6 Å². The lowest BCUT2D eigenvalue weighted by Crippen LogP contribution is -2.18. The van der Waals surface area contributed by atoms with Crippen molar-refractivity contribution in [1.82, 2.24) is 10.4 Å². The summed E-state index contributed by atoms with van der Waals surface area (Å²) in [6.07, 6.45) is 3.12. The minimum absolute atomic E-state index is 0.327. The lowest BCUT2D eigenvalue weighted by molar-refractivity contribution is 0.0950. The van der Waals surface area contributed by atoms with Crippen LogP contribution >= 0.6 is 0 Å². The van der Waals surface area contributed by atoms with Crippen LogP contribution in [0.4, 0.5) is 0 Å². The van der Waals surface area contributed by atoms with Crippen LogP contribution in [0.25, 0.3) is 0 Å². The number of hydrazone groups is 1. The van der Waals surface area contributed by atoms with Crippen molar-refractivity contribution in [1.29, 1.82) is 0 Å². The van der Waals surface area contributed by atoms with Gasteiger partial charge in [-0.05, 0) is 36.8 Å². The third-order valence-electron chi connectivity index (χ3n) is 2.45. The number of ether oxygens (including phenoxy) is 1. The second-order valence-corrected chi connectivity index (χ2v) is 3.92. The van der Waals surface area contributed by atoms with Crippen LogP contribution in [0.15, 0.2) is 53.8 Å². The maximum atomic E-state index is 11.7. The molecule has 0 spiro atoms. The molecule has 0 radical (unpaired) electrons.